The normalized spacial score (nSPS) is 10.7. The second-order valence-electron chi connectivity index (χ2n) is 5.46. The monoisotopic (exact) mass is 342 g/mol. The van der Waals surface area contributed by atoms with Gasteiger partial charge >= 0.3 is 0 Å². The fourth-order valence-electron chi connectivity index (χ4n) is 2.26. The number of hydrogen-bond donors (Lipinski definition) is 2. The number of nitrogens with zero attached hydrogens (tertiary/aromatic N) is 1. The first-order chi connectivity index (χ1) is 12.0. The fourth-order valence-corrected chi connectivity index (χ4v) is 2.26. The SMILES string of the molecule is CCOc1cc(/C=N\NC(=O)COc2c(C)cccc2C)ccc1O. The van der Waals surface area contributed by atoms with E-state index in [1.54, 1.807) is 12.1 Å². The Kier molecular flexibility index (Phi) is 6.39. The number of amides is 1. The summed E-state index contributed by atoms with van der Waals surface area (Å²) in [4.78, 5) is 11.8. The van der Waals surface area contributed by atoms with Gasteiger partial charge in [-0.25, -0.2) is 5.43 Å². The highest BCUT2D eigenvalue weighted by molar-refractivity contribution is 5.83. The van der Waals surface area contributed by atoms with Gasteiger partial charge in [-0.05, 0) is 55.7 Å². The van der Waals surface area contributed by atoms with Crippen LogP contribution in [-0.4, -0.2) is 30.4 Å². The van der Waals surface area contributed by atoms with Crippen LogP contribution in [0.15, 0.2) is 41.5 Å². The Morgan fingerprint density at radius 3 is 2.60 bits per heavy atom. The number of phenols is 1. The molecule has 0 aliphatic heterocycles. The highest BCUT2D eigenvalue weighted by Crippen LogP contribution is 2.26. The van der Waals surface area contributed by atoms with E-state index in [2.05, 4.69) is 10.5 Å². The first-order valence-corrected chi connectivity index (χ1v) is 7.98. The van der Waals surface area contributed by atoms with Crippen molar-refractivity contribution in [3.8, 4) is 17.2 Å². The van der Waals surface area contributed by atoms with Crippen LogP contribution in [0.1, 0.15) is 23.6 Å². The third-order valence-corrected chi connectivity index (χ3v) is 3.44. The first-order valence-electron chi connectivity index (χ1n) is 7.98. The number of hydrogen-bond acceptors (Lipinski definition) is 5. The van der Waals surface area contributed by atoms with Crippen molar-refractivity contribution in [3.63, 3.8) is 0 Å². The zero-order valence-corrected chi connectivity index (χ0v) is 14.6. The molecule has 0 aliphatic rings. The van der Waals surface area contributed by atoms with Crippen molar-refractivity contribution < 1.29 is 19.4 Å². The third-order valence-electron chi connectivity index (χ3n) is 3.44. The average molecular weight is 342 g/mol. The maximum atomic E-state index is 11.8. The van der Waals surface area contributed by atoms with Crippen LogP contribution in [0.4, 0.5) is 0 Å². The highest BCUT2D eigenvalue weighted by atomic mass is 16.5. The molecule has 2 rings (SSSR count). The average Bonchev–Trinajstić information content (AvgIpc) is 2.57. The largest absolute Gasteiger partial charge is 0.504 e. The summed E-state index contributed by atoms with van der Waals surface area (Å²) >= 11 is 0. The van der Waals surface area contributed by atoms with E-state index in [4.69, 9.17) is 9.47 Å². The molecule has 6 nitrogen and oxygen atoms in total. The molecule has 0 saturated carbocycles. The minimum absolute atomic E-state index is 0.0602. The van der Waals surface area contributed by atoms with Crippen molar-refractivity contribution in [2.24, 2.45) is 5.10 Å². The number of carbonyl (C=O) groups is 1. The maximum absolute atomic E-state index is 11.8. The van der Waals surface area contributed by atoms with E-state index in [0.717, 1.165) is 11.1 Å². The molecule has 0 atom stereocenters. The van der Waals surface area contributed by atoms with E-state index in [1.165, 1.54) is 12.3 Å². The van der Waals surface area contributed by atoms with E-state index in [0.29, 0.717) is 23.7 Å². The predicted octanol–water partition coefficient (Wildman–Crippen LogP) is 2.94. The first kappa shape index (κ1) is 18.3. The summed E-state index contributed by atoms with van der Waals surface area (Å²) in [7, 11) is 0. The Hall–Kier alpha value is -3.02. The Labute approximate surface area is 147 Å². The molecule has 0 aromatic heterocycles. The molecule has 0 unspecified atom stereocenters. The van der Waals surface area contributed by atoms with Crippen molar-refractivity contribution in [2.75, 3.05) is 13.2 Å². The Morgan fingerprint density at radius 1 is 1.20 bits per heavy atom. The summed E-state index contributed by atoms with van der Waals surface area (Å²) in [6, 6.07) is 10.6. The molecule has 2 N–H and O–H groups in total. The van der Waals surface area contributed by atoms with Gasteiger partial charge in [-0.2, -0.15) is 5.10 Å². The van der Waals surface area contributed by atoms with Crippen molar-refractivity contribution in [2.45, 2.75) is 20.8 Å². The number of benzene rings is 2. The van der Waals surface area contributed by atoms with E-state index in [-0.39, 0.29) is 18.3 Å². The van der Waals surface area contributed by atoms with Gasteiger partial charge < -0.3 is 14.6 Å². The third kappa shape index (κ3) is 5.24. The smallest absolute Gasteiger partial charge is 0.277 e. The van der Waals surface area contributed by atoms with Gasteiger partial charge in [-0.3, -0.25) is 4.79 Å². The van der Waals surface area contributed by atoms with Gasteiger partial charge in [-0.15, -0.1) is 0 Å². The molecular formula is C19H22N2O4. The molecule has 2 aromatic carbocycles. The van der Waals surface area contributed by atoms with Crippen LogP contribution in [-0.2, 0) is 4.79 Å². The molecule has 0 bridgehead atoms. The van der Waals surface area contributed by atoms with Gasteiger partial charge in [0, 0.05) is 0 Å². The van der Waals surface area contributed by atoms with Crippen LogP contribution in [0.2, 0.25) is 0 Å². The molecule has 0 aliphatic carbocycles. The summed E-state index contributed by atoms with van der Waals surface area (Å²) in [6.45, 7) is 6.01. The van der Waals surface area contributed by atoms with Crippen LogP contribution < -0.4 is 14.9 Å². The lowest BCUT2D eigenvalue weighted by Crippen LogP contribution is -2.25. The number of phenolic OH excluding ortho intramolecular Hbond substituents is 1. The summed E-state index contributed by atoms with van der Waals surface area (Å²) < 4.78 is 10.9. The summed E-state index contributed by atoms with van der Waals surface area (Å²) in [5.41, 5.74) is 5.05. The van der Waals surface area contributed by atoms with Crippen molar-refractivity contribution in [1.82, 2.24) is 5.43 Å². The zero-order valence-electron chi connectivity index (χ0n) is 14.6. The van der Waals surface area contributed by atoms with Crippen LogP contribution in [0.25, 0.3) is 0 Å². The van der Waals surface area contributed by atoms with Crippen molar-refractivity contribution >= 4 is 12.1 Å². The molecule has 132 valence electrons. The predicted molar refractivity (Wildman–Crippen MR) is 96.4 cm³/mol. The van der Waals surface area contributed by atoms with Crippen molar-refractivity contribution in [1.29, 1.82) is 0 Å². The van der Waals surface area contributed by atoms with Crippen LogP contribution in [0.3, 0.4) is 0 Å². The number of carbonyl (C=O) groups excluding carboxylic acids is 1. The van der Waals surface area contributed by atoms with E-state index in [1.807, 2.05) is 39.0 Å². The minimum Gasteiger partial charge on any atom is -0.504 e. The van der Waals surface area contributed by atoms with Crippen molar-refractivity contribution in [3.05, 3.63) is 53.1 Å². The van der Waals surface area contributed by atoms with E-state index < -0.39 is 0 Å². The van der Waals surface area contributed by atoms with Gasteiger partial charge in [0.05, 0.1) is 12.8 Å². The second kappa shape index (κ2) is 8.73. The maximum Gasteiger partial charge on any atom is 0.277 e. The Morgan fingerprint density at radius 2 is 1.92 bits per heavy atom. The minimum atomic E-state index is -0.359. The van der Waals surface area contributed by atoms with Gasteiger partial charge in [0.2, 0.25) is 0 Å². The molecule has 0 fully saturated rings. The lowest BCUT2D eigenvalue weighted by atomic mass is 10.1. The number of hydrazone groups is 1. The number of ether oxygens (including phenoxy) is 2. The van der Waals surface area contributed by atoms with Crippen LogP contribution >= 0.6 is 0 Å². The molecular weight excluding hydrogens is 320 g/mol. The Balaban J connectivity index is 1.89. The van der Waals surface area contributed by atoms with Gasteiger partial charge in [0.15, 0.2) is 18.1 Å². The molecule has 6 heteroatoms. The number of para-hydroxylation sites is 1. The van der Waals surface area contributed by atoms with E-state index in [9.17, 15) is 9.90 Å². The summed E-state index contributed by atoms with van der Waals surface area (Å²) in [5.74, 6) is 0.783. The highest BCUT2D eigenvalue weighted by Gasteiger charge is 2.06. The molecule has 0 saturated heterocycles. The standard InChI is InChI=1S/C19H22N2O4/c1-4-24-17-10-15(8-9-16(17)22)11-20-21-18(23)12-25-19-13(2)6-5-7-14(19)3/h5-11,22H,4,12H2,1-3H3,(H,21,23)/b20-11-. The van der Waals surface area contributed by atoms with Gasteiger partial charge in [-0.1, -0.05) is 18.2 Å². The van der Waals surface area contributed by atoms with Crippen LogP contribution in [0.5, 0.6) is 17.2 Å². The fraction of sp³-hybridized carbons (Fsp3) is 0.263. The zero-order chi connectivity index (χ0) is 18.2. The topological polar surface area (TPSA) is 80.2 Å². The quantitative estimate of drug-likeness (QED) is 0.599. The summed E-state index contributed by atoms with van der Waals surface area (Å²) in [5, 5.41) is 13.5. The molecule has 0 radical (unpaired) electrons. The number of rotatable bonds is 7. The Bertz CT molecular complexity index is 752. The molecule has 25 heavy (non-hydrogen) atoms. The lowest BCUT2D eigenvalue weighted by Gasteiger charge is -2.10. The number of aromatic hydroxyl groups is 1. The van der Waals surface area contributed by atoms with Crippen LogP contribution in [0, 0.1) is 13.8 Å². The molecule has 1 amide bonds. The van der Waals surface area contributed by atoms with E-state index >= 15 is 0 Å². The number of nitrogens with one attached hydrogen (secondary N) is 1. The second-order valence-corrected chi connectivity index (χ2v) is 5.46. The molecule has 0 spiro atoms. The van der Waals surface area contributed by atoms with Gasteiger partial charge in [0.25, 0.3) is 5.91 Å². The number of aryl methyl sites for hydroxylation is 2. The summed E-state index contributed by atoms with van der Waals surface area (Å²) in [6.07, 6.45) is 1.47. The molecule has 2 aromatic rings. The lowest BCUT2D eigenvalue weighted by molar-refractivity contribution is -0.123. The molecule has 0 heterocycles. The van der Waals surface area contributed by atoms with Gasteiger partial charge in [0.1, 0.15) is 5.75 Å².